The maximum Gasteiger partial charge on any atom is 0.258 e. The van der Waals surface area contributed by atoms with Gasteiger partial charge in [-0.3, -0.25) is 10.1 Å². The molecule has 4 rings (SSSR count). The number of anilines is 1. The van der Waals surface area contributed by atoms with E-state index in [1.807, 2.05) is 56.3 Å². The lowest BCUT2D eigenvalue weighted by Gasteiger charge is -2.08. The van der Waals surface area contributed by atoms with Gasteiger partial charge in [0.15, 0.2) is 5.13 Å². The Hall–Kier alpha value is -2.22. The lowest BCUT2D eigenvalue weighted by Crippen LogP contribution is -2.12. The number of nitrogens with zero attached hydrogens (tertiary/aromatic N) is 2. The maximum atomic E-state index is 12.8. The quantitative estimate of drug-likeness (QED) is 0.415. The molecule has 0 bridgehead atoms. The summed E-state index contributed by atoms with van der Waals surface area (Å²) in [6.45, 7) is 4.03. The van der Waals surface area contributed by atoms with Crippen LogP contribution >= 0.6 is 34.4 Å². The lowest BCUT2D eigenvalue weighted by atomic mass is 10.2. The number of para-hydroxylation sites is 1. The van der Waals surface area contributed by atoms with E-state index in [1.54, 1.807) is 23.1 Å². The molecule has 2 aromatic heterocycles. The van der Waals surface area contributed by atoms with E-state index in [0.29, 0.717) is 10.7 Å². The second kappa shape index (κ2) is 7.80. The van der Waals surface area contributed by atoms with Gasteiger partial charge < -0.3 is 0 Å². The van der Waals surface area contributed by atoms with Gasteiger partial charge in [0.2, 0.25) is 0 Å². The van der Waals surface area contributed by atoms with Crippen LogP contribution in [0.2, 0.25) is 0 Å². The Labute approximate surface area is 169 Å². The predicted molar refractivity (Wildman–Crippen MR) is 115 cm³/mol. The van der Waals surface area contributed by atoms with Crippen LogP contribution in [0.15, 0.2) is 52.7 Å². The molecule has 0 atom stereocenters. The Morgan fingerprint density at radius 3 is 2.74 bits per heavy atom. The largest absolute Gasteiger partial charge is 0.298 e. The summed E-state index contributed by atoms with van der Waals surface area (Å²) in [6.07, 6.45) is 0. The van der Waals surface area contributed by atoms with Crippen molar-refractivity contribution in [3.05, 3.63) is 69.7 Å². The molecule has 4 aromatic rings. The van der Waals surface area contributed by atoms with Crippen LogP contribution in [-0.4, -0.2) is 15.9 Å². The zero-order valence-corrected chi connectivity index (χ0v) is 17.3. The smallest absolute Gasteiger partial charge is 0.258 e. The van der Waals surface area contributed by atoms with Gasteiger partial charge in [-0.15, -0.1) is 23.1 Å². The van der Waals surface area contributed by atoms with Gasteiger partial charge >= 0.3 is 0 Å². The highest BCUT2D eigenvalue weighted by atomic mass is 32.2. The van der Waals surface area contributed by atoms with Gasteiger partial charge in [0.25, 0.3) is 5.91 Å². The van der Waals surface area contributed by atoms with Crippen LogP contribution in [-0.2, 0) is 5.75 Å². The number of hydrogen-bond donors (Lipinski definition) is 1. The number of carbonyl (C=O) groups is 1. The fourth-order valence-corrected chi connectivity index (χ4v) is 5.31. The van der Waals surface area contributed by atoms with Crippen molar-refractivity contribution >= 4 is 55.7 Å². The first kappa shape index (κ1) is 18.2. The third-order valence-electron chi connectivity index (χ3n) is 4.01. The predicted octanol–water partition coefficient (Wildman–Crippen LogP) is 5.91. The highest BCUT2D eigenvalue weighted by Gasteiger charge is 2.15. The number of rotatable bonds is 5. The number of fused-ring (bicyclic) bond motifs is 1. The Morgan fingerprint density at radius 2 is 1.96 bits per heavy atom. The summed E-state index contributed by atoms with van der Waals surface area (Å²) in [5, 5.41) is 6.71. The molecule has 0 unspecified atom stereocenters. The average molecular weight is 412 g/mol. The van der Waals surface area contributed by atoms with Crippen LogP contribution in [0.25, 0.3) is 10.2 Å². The minimum Gasteiger partial charge on any atom is -0.298 e. The molecule has 1 N–H and O–H groups in total. The molecule has 0 saturated carbocycles. The van der Waals surface area contributed by atoms with Crippen molar-refractivity contribution in [1.29, 1.82) is 0 Å². The van der Waals surface area contributed by atoms with Gasteiger partial charge in [-0.05, 0) is 37.6 Å². The Balaban J connectivity index is 1.53. The first-order valence-corrected chi connectivity index (χ1v) is 11.1. The molecule has 0 aliphatic rings. The van der Waals surface area contributed by atoms with E-state index in [9.17, 15) is 4.79 Å². The average Bonchev–Trinajstić information content (AvgIpc) is 3.26. The van der Waals surface area contributed by atoms with Gasteiger partial charge in [0, 0.05) is 16.0 Å². The summed E-state index contributed by atoms with van der Waals surface area (Å²) >= 11 is 4.77. The third-order valence-corrected chi connectivity index (χ3v) is 6.88. The van der Waals surface area contributed by atoms with Crippen molar-refractivity contribution < 1.29 is 4.79 Å². The van der Waals surface area contributed by atoms with E-state index >= 15 is 0 Å². The monoisotopic (exact) mass is 411 g/mol. The van der Waals surface area contributed by atoms with E-state index in [-0.39, 0.29) is 5.91 Å². The molecule has 136 valence electrons. The lowest BCUT2D eigenvalue weighted by molar-refractivity contribution is 0.102. The highest BCUT2D eigenvalue weighted by Crippen LogP contribution is 2.30. The first-order chi connectivity index (χ1) is 13.1. The number of amides is 1. The molecule has 0 saturated heterocycles. The van der Waals surface area contributed by atoms with Crippen LogP contribution in [0, 0.1) is 13.8 Å². The van der Waals surface area contributed by atoms with Crippen LogP contribution < -0.4 is 5.32 Å². The molecule has 4 nitrogen and oxygen atoms in total. The number of hydrogen-bond acceptors (Lipinski definition) is 6. The molecule has 1 amide bonds. The molecule has 2 heterocycles. The maximum absolute atomic E-state index is 12.8. The molecule has 0 aliphatic heterocycles. The molecule has 2 aromatic carbocycles. The van der Waals surface area contributed by atoms with Gasteiger partial charge in [-0.25, -0.2) is 9.97 Å². The SMILES string of the molecule is Cc1nc(CSc2ccccc2C(=O)Nc2nc3c(C)cccc3s2)cs1. The Bertz CT molecular complexity index is 1120. The van der Waals surface area contributed by atoms with Crippen LogP contribution in [0.4, 0.5) is 5.13 Å². The van der Waals surface area contributed by atoms with Crippen molar-refractivity contribution in [1.82, 2.24) is 9.97 Å². The van der Waals surface area contributed by atoms with Crippen LogP contribution in [0.3, 0.4) is 0 Å². The number of thiazole rings is 2. The normalized spacial score (nSPS) is 11.0. The topological polar surface area (TPSA) is 54.9 Å². The molecule has 0 radical (unpaired) electrons. The number of nitrogens with one attached hydrogen (secondary N) is 1. The fraction of sp³-hybridized carbons (Fsp3) is 0.150. The Morgan fingerprint density at radius 1 is 1.11 bits per heavy atom. The summed E-state index contributed by atoms with van der Waals surface area (Å²) in [6, 6.07) is 13.7. The standard InChI is InChI=1S/C20H17N3OS3/c1-12-6-5-9-17-18(12)22-20(27-17)23-19(24)15-7-3-4-8-16(15)26-11-14-10-25-13(2)21-14/h3-10H,11H2,1-2H3,(H,22,23,24). The molecular formula is C20H17N3OS3. The fourth-order valence-electron chi connectivity index (χ4n) is 2.71. The van der Waals surface area contributed by atoms with Gasteiger partial charge in [-0.2, -0.15) is 0 Å². The summed E-state index contributed by atoms with van der Waals surface area (Å²) in [5.41, 5.74) is 3.75. The van der Waals surface area contributed by atoms with Crippen molar-refractivity contribution in [2.24, 2.45) is 0 Å². The zero-order valence-electron chi connectivity index (χ0n) is 14.9. The molecular weight excluding hydrogens is 394 g/mol. The van der Waals surface area contributed by atoms with Crippen molar-refractivity contribution in [2.75, 3.05) is 5.32 Å². The minimum absolute atomic E-state index is 0.135. The van der Waals surface area contributed by atoms with E-state index in [2.05, 4.69) is 20.7 Å². The molecule has 0 aliphatic carbocycles. The van der Waals surface area contributed by atoms with Crippen molar-refractivity contribution in [3.63, 3.8) is 0 Å². The van der Waals surface area contributed by atoms with E-state index in [1.165, 1.54) is 11.3 Å². The van der Waals surface area contributed by atoms with Crippen molar-refractivity contribution in [3.8, 4) is 0 Å². The summed E-state index contributed by atoms with van der Waals surface area (Å²) in [4.78, 5) is 22.8. The minimum atomic E-state index is -0.135. The molecule has 0 fully saturated rings. The Kier molecular flexibility index (Phi) is 5.24. The van der Waals surface area contributed by atoms with E-state index in [4.69, 9.17) is 0 Å². The van der Waals surface area contributed by atoms with Crippen LogP contribution in [0.5, 0.6) is 0 Å². The summed E-state index contributed by atoms with van der Waals surface area (Å²) in [5.74, 6) is 0.610. The van der Waals surface area contributed by atoms with E-state index < -0.39 is 0 Å². The summed E-state index contributed by atoms with van der Waals surface area (Å²) < 4.78 is 1.08. The van der Waals surface area contributed by atoms with Gasteiger partial charge in [0.05, 0.1) is 26.5 Å². The number of benzene rings is 2. The molecule has 7 heteroatoms. The van der Waals surface area contributed by atoms with Crippen molar-refractivity contribution in [2.45, 2.75) is 24.5 Å². The number of thioether (sulfide) groups is 1. The van der Waals surface area contributed by atoms with Gasteiger partial charge in [-0.1, -0.05) is 35.6 Å². The van der Waals surface area contributed by atoms with Gasteiger partial charge in [0.1, 0.15) is 0 Å². The highest BCUT2D eigenvalue weighted by molar-refractivity contribution is 7.98. The van der Waals surface area contributed by atoms with E-state index in [0.717, 1.165) is 37.1 Å². The molecule has 0 spiro atoms. The number of carbonyl (C=O) groups excluding carboxylic acids is 1. The zero-order chi connectivity index (χ0) is 18.8. The second-order valence-electron chi connectivity index (χ2n) is 6.04. The number of aromatic nitrogens is 2. The summed E-state index contributed by atoms with van der Waals surface area (Å²) in [7, 11) is 0. The third kappa shape index (κ3) is 4.05. The molecule has 27 heavy (non-hydrogen) atoms. The van der Waals surface area contributed by atoms with Crippen LogP contribution in [0.1, 0.15) is 26.6 Å². The number of aryl methyl sites for hydroxylation is 2. The second-order valence-corrected chi connectivity index (χ2v) is 9.15. The first-order valence-electron chi connectivity index (χ1n) is 8.40.